The molecule has 8 heteroatoms. The summed E-state index contributed by atoms with van der Waals surface area (Å²) in [6, 6.07) is 9.80. The number of amides is 1. The highest BCUT2D eigenvalue weighted by Crippen LogP contribution is 2.27. The summed E-state index contributed by atoms with van der Waals surface area (Å²) in [5, 5.41) is 2.57. The van der Waals surface area contributed by atoms with E-state index in [1.807, 2.05) is 0 Å². The average Bonchev–Trinajstić information content (AvgIpc) is 3.11. The molecular formula is C16H11F2N3O2S. The van der Waals surface area contributed by atoms with Gasteiger partial charge < -0.3 is 14.5 Å². The molecule has 0 atom stereocenters. The summed E-state index contributed by atoms with van der Waals surface area (Å²) in [6.45, 7) is 0. The molecule has 3 aromatic rings. The van der Waals surface area contributed by atoms with Crippen molar-refractivity contribution in [3.05, 3.63) is 72.4 Å². The molecular weight excluding hydrogens is 336 g/mol. The zero-order valence-corrected chi connectivity index (χ0v) is 12.9. The highest BCUT2D eigenvalue weighted by Gasteiger charge is 2.12. The molecule has 3 rings (SSSR count). The summed E-state index contributed by atoms with van der Waals surface area (Å²) in [6.07, 6.45) is 2.64. The van der Waals surface area contributed by atoms with Gasteiger partial charge in [-0.15, -0.1) is 0 Å². The fourth-order valence-corrected chi connectivity index (χ4v) is 2.53. The Morgan fingerprint density at radius 2 is 1.83 bits per heavy atom. The summed E-state index contributed by atoms with van der Waals surface area (Å²) in [5.41, 5.74) is 1.01. The number of hydrogen-bond acceptors (Lipinski definition) is 5. The number of aromatic nitrogens is 1. The third-order valence-electron chi connectivity index (χ3n) is 2.94. The van der Waals surface area contributed by atoms with Gasteiger partial charge in [0.1, 0.15) is 17.9 Å². The Kier molecular flexibility index (Phi) is 4.76. The Bertz CT molecular complexity index is 839. The topological polar surface area (TPSA) is 67.2 Å². The maximum atomic E-state index is 13.9. The molecule has 0 unspecified atom stereocenters. The van der Waals surface area contributed by atoms with Crippen LogP contribution in [0.1, 0.15) is 10.7 Å². The van der Waals surface area contributed by atoms with Crippen LogP contribution in [-0.4, -0.2) is 10.9 Å². The van der Waals surface area contributed by atoms with Gasteiger partial charge in [-0.2, -0.15) is 0 Å². The number of rotatable bonds is 5. The van der Waals surface area contributed by atoms with Gasteiger partial charge in [-0.25, -0.2) is 13.8 Å². The molecule has 0 fully saturated rings. The van der Waals surface area contributed by atoms with Gasteiger partial charge in [-0.05, 0) is 54.4 Å². The monoisotopic (exact) mass is 347 g/mol. The standard InChI is InChI=1S/C16H11F2N3O2S/c17-10-1-3-11(4-2-10)21-24-14-9-12(5-6-13(14)18)20-15(22)16-19-7-8-23-16/h1-9,21H,(H,20,22). The quantitative estimate of drug-likeness (QED) is 0.673. The lowest BCUT2D eigenvalue weighted by Crippen LogP contribution is -2.12. The van der Waals surface area contributed by atoms with Gasteiger partial charge in [-0.3, -0.25) is 4.79 Å². The number of hydrogen-bond donors (Lipinski definition) is 2. The van der Waals surface area contributed by atoms with Crippen molar-refractivity contribution in [1.29, 1.82) is 0 Å². The van der Waals surface area contributed by atoms with Crippen molar-refractivity contribution < 1.29 is 18.0 Å². The highest BCUT2D eigenvalue weighted by molar-refractivity contribution is 8.00. The number of oxazole rings is 1. The first kappa shape index (κ1) is 16.0. The molecule has 0 bridgehead atoms. The van der Waals surface area contributed by atoms with Crippen molar-refractivity contribution in [2.45, 2.75) is 4.90 Å². The molecule has 0 aliphatic heterocycles. The maximum absolute atomic E-state index is 13.9. The van der Waals surface area contributed by atoms with E-state index in [1.165, 1.54) is 54.9 Å². The molecule has 2 aromatic carbocycles. The van der Waals surface area contributed by atoms with Gasteiger partial charge in [0.05, 0.1) is 11.1 Å². The van der Waals surface area contributed by atoms with Crippen LogP contribution in [0.4, 0.5) is 20.2 Å². The van der Waals surface area contributed by atoms with Gasteiger partial charge in [-0.1, -0.05) is 0 Å². The molecule has 0 aliphatic carbocycles. The summed E-state index contributed by atoms with van der Waals surface area (Å²) >= 11 is 1.01. The summed E-state index contributed by atoms with van der Waals surface area (Å²) < 4.78 is 34.5. The Labute approximate surface area is 140 Å². The van der Waals surface area contributed by atoms with E-state index in [9.17, 15) is 13.6 Å². The molecule has 0 radical (unpaired) electrons. The molecule has 24 heavy (non-hydrogen) atoms. The van der Waals surface area contributed by atoms with E-state index >= 15 is 0 Å². The van der Waals surface area contributed by atoms with E-state index in [4.69, 9.17) is 4.42 Å². The lowest BCUT2D eigenvalue weighted by Gasteiger charge is -2.09. The maximum Gasteiger partial charge on any atom is 0.311 e. The van der Waals surface area contributed by atoms with Gasteiger partial charge in [0.25, 0.3) is 5.89 Å². The van der Waals surface area contributed by atoms with Crippen LogP contribution in [-0.2, 0) is 0 Å². The summed E-state index contributed by atoms with van der Waals surface area (Å²) in [4.78, 5) is 15.9. The molecule has 0 aliphatic rings. The van der Waals surface area contributed by atoms with E-state index < -0.39 is 11.7 Å². The van der Waals surface area contributed by atoms with Gasteiger partial charge in [0, 0.05) is 11.4 Å². The smallest absolute Gasteiger partial charge is 0.311 e. The number of carbonyl (C=O) groups is 1. The molecule has 0 saturated heterocycles. The van der Waals surface area contributed by atoms with Gasteiger partial charge in [0.2, 0.25) is 0 Å². The first-order chi connectivity index (χ1) is 11.6. The van der Waals surface area contributed by atoms with Crippen molar-refractivity contribution in [3.63, 3.8) is 0 Å². The molecule has 5 nitrogen and oxygen atoms in total. The van der Waals surface area contributed by atoms with Crippen molar-refractivity contribution in [3.8, 4) is 0 Å². The predicted molar refractivity (Wildman–Crippen MR) is 86.7 cm³/mol. The first-order valence-electron chi connectivity index (χ1n) is 6.80. The number of halogens is 2. The Morgan fingerprint density at radius 1 is 1.08 bits per heavy atom. The highest BCUT2D eigenvalue weighted by atomic mass is 32.2. The normalized spacial score (nSPS) is 10.4. The second-order valence-corrected chi connectivity index (χ2v) is 5.50. The van der Waals surface area contributed by atoms with Crippen LogP contribution >= 0.6 is 11.9 Å². The van der Waals surface area contributed by atoms with Crippen molar-refractivity contribution in [2.24, 2.45) is 0 Å². The molecule has 0 saturated carbocycles. The Balaban J connectivity index is 1.69. The van der Waals surface area contributed by atoms with Crippen molar-refractivity contribution in [1.82, 2.24) is 4.98 Å². The molecule has 122 valence electrons. The lowest BCUT2D eigenvalue weighted by atomic mass is 10.3. The second-order valence-electron chi connectivity index (χ2n) is 4.65. The fraction of sp³-hybridized carbons (Fsp3) is 0. The number of carbonyl (C=O) groups excluding carboxylic acids is 1. The van der Waals surface area contributed by atoms with E-state index in [2.05, 4.69) is 15.0 Å². The largest absolute Gasteiger partial charge is 0.441 e. The lowest BCUT2D eigenvalue weighted by molar-refractivity contribution is 0.0990. The third-order valence-corrected chi connectivity index (χ3v) is 3.81. The van der Waals surface area contributed by atoms with Crippen LogP contribution in [0.15, 0.2) is 64.2 Å². The summed E-state index contributed by atoms with van der Waals surface area (Å²) in [5.74, 6) is -1.43. The molecule has 2 N–H and O–H groups in total. The van der Waals surface area contributed by atoms with Crippen molar-refractivity contribution in [2.75, 3.05) is 10.0 Å². The SMILES string of the molecule is O=C(Nc1ccc(F)c(SNc2ccc(F)cc2)c1)c1ncco1. The fourth-order valence-electron chi connectivity index (χ4n) is 1.81. The molecule has 1 aromatic heterocycles. The summed E-state index contributed by atoms with van der Waals surface area (Å²) in [7, 11) is 0. The zero-order chi connectivity index (χ0) is 16.9. The van der Waals surface area contributed by atoms with Crippen LogP contribution < -0.4 is 10.0 Å². The zero-order valence-electron chi connectivity index (χ0n) is 12.1. The second kappa shape index (κ2) is 7.14. The molecule has 0 spiro atoms. The van der Waals surface area contributed by atoms with E-state index in [-0.39, 0.29) is 16.6 Å². The van der Waals surface area contributed by atoms with Crippen LogP contribution in [0.3, 0.4) is 0 Å². The minimum Gasteiger partial charge on any atom is -0.441 e. The molecule has 1 amide bonds. The Morgan fingerprint density at radius 3 is 2.54 bits per heavy atom. The third kappa shape index (κ3) is 3.90. The van der Waals surface area contributed by atoms with Crippen LogP contribution in [0.5, 0.6) is 0 Å². The minimum atomic E-state index is -0.533. The van der Waals surface area contributed by atoms with Gasteiger partial charge >= 0.3 is 5.91 Å². The van der Waals surface area contributed by atoms with E-state index in [0.717, 1.165) is 11.9 Å². The first-order valence-corrected chi connectivity index (χ1v) is 7.62. The van der Waals surface area contributed by atoms with Crippen LogP contribution in [0, 0.1) is 11.6 Å². The van der Waals surface area contributed by atoms with Gasteiger partial charge in [0.15, 0.2) is 0 Å². The van der Waals surface area contributed by atoms with Crippen LogP contribution in [0.2, 0.25) is 0 Å². The number of anilines is 2. The van der Waals surface area contributed by atoms with Crippen molar-refractivity contribution >= 4 is 29.2 Å². The van der Waals surface area contributed by atoms with E-state index in [1.54, 1.807) is 0 Å². The molecule has 1 heterocycles. The Hall–Kier alpha value is -2.87. The number of nitrogens with zero attached hydrogens (tertiary/aromatic N) is 1. The average molecular weight is 347 g/mol. The predicted octanol–water partition coefficient (Wildman–Crippen LogP) is 4.32. The van der Waals surface area contributed by atoms with Crippen LogP contribution in [0.25, 0.3) is 0 Å². The number of nitrogens with one attached hydrogen (secondary N) is 2. The number of benzene rings is 2. The minimum absolute atomic E-state index is 0.0852. The van der Waals surface area contributed by atoms with E-state index in [0.29, 0.717) is 11.4 Å².